The van der Waals surface area contributed by atoms with Crippen molar-refractivity contribution in [3.05, 3.63) is 83.9 Å². The summed E-state index contributed by atoms with van der Waals surface area (Å²) in [5.74, 6) is 0.368. The molecule has 128 valence electrons. The molecule has 0 saturated heterocycles. The van der Waals surface area contributed by atoms with E-state index >= 15 is 0 Å². The lowest BCUT2D eigenvalue weighted by Gasteiger charge is -2.33. The lowest BCUT2D eigenvalue weighted by Crippen LogP contribution is -2.31. The van der Waals surface area contributed by atoms with E-state index in [9.17, 15) is 0 Å². The summed E-state index contributed by atoms with van der Waals surface area (Å²) in [4.78, 5) is 2.39. The summed E-state index contributed by atoms with van der Waals surface area (Å²) in [7, 11) is 2.19. The van der Waals surface area contributed by atoms with E-state index in [1.54, 1.807) is 12.5 Å². The van der Waals surface area contributed by atoms with Gasteiger partial charge in [-0.3, -0.25) is 0 Å². The maximum atomic E-state index is 5.49. The van der Waals surface area contributed by atoms with E-state index in [0.717, 1.165) is 29.6 Å². The van der Waals surface area contributed by atoms with E-state index in [4.69, 9.17) is 4.42 Å². The molecule has 3 heterocycles. The van der Waals surface area contributed by atoms with E-state index in [1.807, 2.05) is 18.3 Å². The summed E-state index contributed by atoms with van der Waals surface area (Å²) in [6.07, 6.45) is 5.31. The number of rotatable bonds is 2. The van der Waals surface area contributed by atoms with Crippen molar-refractivity contribution in [3.8, 4) is 11.1 Å². The number of aromatic nitrogens is 2. The van der Waals surface area contributed by atoms with Crippen LogP contribution in [0.25, 0.3) is 22.1 Å². The number of likely N-dealkylation sites (N-methyl/N-ethyl adjacent to an activating group) is 1. The molecule has 1 aliphatic heterocycles. The Balaban J connectivity index is 1.59. The lowest BCUT2D eigenvalue weighted by atomic mass is 9.83. The second kappa shape index (κ2) is 6.07. The number of furan rings is 1. The fourth-order valence-corrected chi connectivity index (χ4v) is 3.98. The number of nitrogens with zero attached hydrogens (tertiary/aromatic N) is 3. The first-order chi connectivity index (χ1) is 12.8. The van der Waals surface area contributed by atoms with Crippen molar-refractivity contribution in [2.45, 2.75) is 12.5 Å². The first kappa shape index (κ1) is 15.3. The zero-order valence-electron chi connectivity index (χ0n) is 14.6. The van der Waals surface area contributed by atoms with Gasteiger partial charge in [0.15, 0.2) is 0 Å². The largest absolute Gasteiger partial charge is 0.464 e. The molecule has 0 bridgehead atoms. The minimum atomic E-state index is 0.368. The highest BCUT2D eigenvalue weighted by molar-refractivity contribution is 5.78. The molecule has 26 heavy (non-hydrogen) atoms. The van der Waals surface area contributed by atoms with Crippen LogP contribution >= 0.6 is 0 Å². The van der Waals surface area contributed by atoms with Crippen LogP contribution in [0.1, 0.15) is 22.6 Å². The van der Waals surface area contributed by atoms with Crippen molar-refractivity contribution >= 4 is 11.0 Å². The van der Waals surface area contributed by atoms with E-state index in [1.165, 1.54) is 22.3 Å². The molecule has 0 saturated carbocycles. The third-order valence-electron chi connectivity index (χ3n) is 5.25. The highest BCUT2D eigenvalue weighted by Gasteiger charge is 2.25. The molecular formula is C22H19N3O. The van der Waals surface area contributed by atoms with Crippen LogP contribution in [0.3, 0.4) is 0 Å². The van der Waals surface area contributed by atoms with Crippen LogP contribution in [0.15, 0.2) is 71.6 Å². The van der Waals surface area contributed by atoms with Gasteiger partial charge in [-0.1, -0.05) is 18.2 Å². The molecule has 2 aromatic heterocycles. The third kappa shape index (κ3) is 2.59. The average Bonchev–Trinajstić information content (AvgIpc) is 3.15. The van der Waals surface area contributed by atoms with Gasteiger partial charge in [0.05, 0.1) is 18.7 Å². The standard InChI is InChI=1S/C22H19N3O/c1-25-13-19-10-15(18-6-8-23-24-12-18)2-4-20(19)21(14-25)16-3-5-22-17(11-16)7-9-26-22/h2-12,21H,13-14H2,1H3. The van der Waals surface area contributed by atoms with Crippen LogP contribution in [0, 0.1) is 0 Å². The Morgan fingerprint density at radius 1 is 1.00 bits per heavy atom. The zero-order chi connectivity index (χ0) is 17.5. The summed E-state index contributed by atoms with van der Waals surface area (Å²) in [5.41, 5.74) is 7.37. The minimum Gasteiger partial charge on any atom is -0.464 e. The highest BCUT2D eigenvalue weighted by Crippen LogP contribution is 2.36. The molecule has 4 nitrogen and oxygen atoms in total. The Morgan fingerprint density at radius 3 is 2.85 bits per heavy atom. The van der Waals surface area contributed by atoms with Crippen LogP contribution in [0.4, 0.5) is 0 Å². The van der Waals surface area contributed by atoms with Gasteiger partial charge < -0.3 is 9.32 Å². The van der Waals surface area contributed by atoms with E-state index in [-0.39, 0.29) is 0 Å². The summed E-state index contributed by atoms with van der Waals surface area (Å²) < 4.78 is 5.49. The van der Waals surface area contributed by atoms with Gasteiger partial charge in [0.2, 0.25) is 0 Å². The Labute approximate surface area is 152 Å². The SMILES string of the molecule is CN1Cc2cc(-c3ccnnc3)ccc2C(c2ccc3occc3c2)C1. The molecule has 1 aliphatic rings. The average molecular weight is 341 g/mol. The first-order valence-corrected chi connectivity index (χ1v) is 8.83. The fraction of sp³-hybridized carbons (Fsp3) is 0.182. The lowest BCUT2D eigenvalue weighted by molar-refractivity contribution is 0.295. The predicted octanol–water partition coefficient (Wildman–Crippen LogP) is 4.47. The van der Waals surface area contributed by atoms with Gasteiger partial charge in [-0.25, -0.2) is 0 Å². The van der Waals surface area contributed by atoms with E-state index in [0.29, 0.717) is 5.92 Å². The number of benzene rings is 2. The van der Waals surface area contributed by atoms with Crippen molar-refractivity contribution in [1.82, 2.24) is 15.1 Å². The Kier molecular flexibility index (Phi) is 3.57. The Hall–Kier alpha value is -2.98. The third-order valence-corrected chi connectivity index (χ3v) is 5.25. The van der Waals surface area contributed by atoms with Crippen molar-refractivity contribution in [1.29, 1.82) is 0 Å². The maximum absolute atomic E-state index is 5.49. The molecule has 1 atom stereocenters. The van der Waals surface area contributed by atoms with Gasteiger partial charge in [-0.15, -0.1) is 0 Å². The summed E-state index contributed by atoms with van der Waals surface area (Å²) >= 11 is 0. The highest BCUT2D eigenvalue weighted by atomic mass is 16.3. The molecular weight excluding hydrogens is 322 g/mol. The van der Waals surface area contributed by atoms with Crippen molar-refractivity contribution < 1.29 is 4.42 Å². The molecule has 0 spiro atoms. The van der Waals surface area contributed by atoms with E-state index in [2.05, 4.69) is 58.5 Å². The molecule has 4 heteroatoms. The van der Waals surface area contributed by atoms with Gasteiger partial charge >= 0.3 is 0 Å². The number of hydrogen-bond acceptors (Lipinski definition) is 4. The predicted molar refractivity (Wildman–Crippen MR) is 102 cm³/mol. The summed E-state index contributed by atoms with van der Waals surface area (Å²) in [6, 6.07) is 17.3. The van der Waals surface area contributed by atoms with Crippen LogP contribution < -0.4 is 0 Å². The maximum Gasteiger partial charge on any atom is 0.133 e. The molecule has 1 unspecified atom stereocenters. The molecule has 0 aliphatic carbocycles. The fourth-order valence-electron chi connectivity index (χ4n) is 3.98. The van der Waals surface area contributed by atoms with Crippen molar-refractivity contribution in [2.75, 3.05) is 13.6 Å². The molecule has 2 aromatic carbocycles. The van der Waals surface area contributed by atoms with Gasteiger partial charge in [-0.05, 0) is 59.6 Å². The second-order valence-corrected chi connectivity index (χ2v) is 7.01. The smallest absolute Gasteiger partial charge is 0.133 e. The number of hydrogen-bond donors (Lipinski definition) is 0. The monoisotopic (exact) mass is 341 g/mol. The van der Waals surface area contributed by atoms with Gasteiger partial charge in [-0.2, -0.15) is 10.2 Å². The molecule has 4 aromatic rings. The van der Waals surface area contributed by atoms with Crippen LogP contribution in [-0.2, 0) is 6.54 Å². The topological polar surface area (TPSA) is 42.2 Å². The summed E-state index contributed by atoms with van der Waals surface area (Å²) in [6.45, 7) is 1.98. The second-order valence-electron chi connectivity index (χ2n) is 7.01. The van der Waals surface area contributed by atoms with Crippen LogP contribution in [0.5, 0.6) is 0 Å². The Bertz CT molecular complexity index is 1070. The van der Waals surface area contributed by atoms with Crippen molar-refractivity contribution in [2.24, 2.45) is 0 Å². The molecule has 0 amide bonds. The van der Waals surface area contributed by atoms with Crippen LogP contribution in [-0.4, -0.2) is 28.7 Å². The molecule has 0 fully saturated rings. The summed E-state index contributed by atoms with van der Waals surface area (Å²) in [5, 5.41) is 9.05. The van der Waals surface area contributed by atoms with Gasteiger partial charge in [0, 0.05) is 30.0 Å². The first-order valence-electron chi connectivity index (χ1n) is 8.83. The van der Waals surface area contributed by atoms with Gasteiger partial charge in [0.25, 0.3) is 0 Å². The van der Waals surface area contributed by atoms with Crippen molar-refractivity contribution in [3.63, 3.8) is 0 Å². The molecule has 5 rings (SSSR count). The zero-order valence-corrected chi connectivity index (χ0v) is 14.6. The Morgan fingerprint density at radius 2 is 1.96 bits per heavy atom. The molecule has 0 N–H and O–H groups in total. The number of fused-ring (bicyclic) bond motifs is 2. The van der Waals surface area contributed by atoms with Gasteiger partial charge in [0.1, 0.15) is 5.58 Å². The minimum absolute atomic E-state index is 0.368. The van der Waals surface area contributed by atoms with E-state index < -0.39 is 0 Å². The molecule has 0 radical (unpaired) electrons. The quantitative estimate of drug-likeness (QED) is 0.539. The normalized spacial score (nSPS) is 17.3. The van der Waals surface area contributed by atoms with Crippen LogP contribution in [0.2, 0.25) is 0 Å².